The third-order valence-electron chi connectivity index (χ3n) is 5.90. The van der Waals surface area contributed by atoms with Gasteiger partial charge >= 0.3 is 0 Å². The van der Waals surface area contributed by atoms with Crippen LogP contribution in [0.15, 0.2) is 23.2 Å². The molecule has 6 nitrogen and oxygen atoms in total. The van der Waals surface area contributed by atoms with E-state index >= 15 is 0 Å². The summed E-state index contributed by atoms with van der Waals surface area (Å²) in [4.78, 5) is 6.73. The highest BCUT2D eigenvalue weighted by Gasteiger charge is 2.33. The summed E-state index contributed by atoms with van der Waals surface area (Å²) < 4.78 is 24.7. The van der Waals surface area contributed by atoms with Crippen LogP contribution in [0.4, 0.5) is 10.1 Å². The maximum atomic E-state index is 13.4. The fraction of sp³-hybridized carbons (Fsp3) is 0.667. The summed E-state index contributed by atoms with van der Waals surface area (Å²) in [6.45, 7) is 6.00. The largest absolute Gasteiger partial charge is 0.381 e. The second-order valence-electron chi connectivity index (χ2n) is 7.79. The van der Waals surface area contributed by atoms with Gasteiger partial charge in [-0.3, -0.25) is 4.99 Å². The molecule has 0 aromatic heterocycles. The monoisotopic (exact) mass is 392 g/mol. The van der Waals surface area contributed by atoms with Gasteiger partial charge in [0.2, 0.25) is 0 Å². The van der Waals surface area contributed by atoms with Gasteiger partial charge in [0, 0.05) is 71.6 Å². The molecule has 2 saturated heterocycles. The Kier molecular flexibility index (Phi) is 7.13. The normalized spacial score (nSPS) is 22.8. The average Bonchev–Trinajstić information content (AvgIpc) is 2.72. The highest BCUT2D eigenvalue weighted by atomic mass is 19.1. The number of halogens is 1. The predicted octanol–water partition coefficient (Wildman–Crippen LogP) is 2.46. The van der Waals surface area contributed by atoms with Crippen LogP contribution in [-0.4, -0.2) is 64.6 Å². The first-order valence-corrected chi connectivity index (χ1v) is 10.2. The van der Waals surface area contributed by atoms with Gasteiger partial charge in [0.1, 0.15) is 5.82 Å². The van der Waals surface area contributed by atoms with Crippen molar-refractivity contribution < 1.29 is 13.9 Å². The van der Waals surface area contributed by atoms with E-state index in [9.17, 15) is 4.39 Å². The summed E-state index contributed by atoms with van der Waals surface area (Å²) in [5.74, 6) is 0.614. The molecule has 2 aliphatic heterocycles. The smallest absolute Gasteiger partial charge is 0.191 e. The van der Waals surface area contributed by atoms with Crippen LogP contribution in [0, 0.1) is 12.7 Å². The Balaban J connectivity index is 1.57. The zero-order valence-corrected chi connectivity index (χ0v) is 17.3. The molecule has 0 amide bonds. The summed E-state index contributed by atoms with van der Waals surface area (Å²) in [6, 6.07) is 5.31. The van der Waals surface area contributed by atoms with Crippen LogP contribution in [0.5, 0.6) is 0 Å². The molecule has 0 spiro atoms. The molecule has 0 radical (unpaired) electrons. The van der Waals surface area contributed by atoms with Crippen molar-refractivity contribution in [1.82, 2.24) is 10.6 Å². The lowest BCUT2D eigenvalue weighted by molar-refractivity contribution is -0.0855. The highest BCUT2D eigenvalue weighted by molar-refractivity contribution is 5.80. The summed E-state index contributed by atoms with van der Waals surface area (Å²) in [5, 5.41) is 7.00. The second-order valence-corrected chi connectivity index (χ2v) is 7.79. The summed E-state index contributed by atoms with van der Waals surface area (Å²) in [7, 11) is 3.57. The third-order valence-corrected chi connectivity index (χ3v) is 5.90. The minimum atomic E-state index is -0.195. The molecular formula is C21H33FN4O2. The Hall–Kier alpha value is -1.86. The number of nitrogens with one attached hydrogen (secondary N) is 2. The van der Waals surface area contributed by atoms with Crippen molar-refractivity contribution in [2.24, 2.45) is 4.99 Å². The van der Waals surface area contributed by atoms with Crippen LogP contribution in [0.1, 0.15) is 31.2 Å². The number of aryl methyl sites for hydroxylation is 1. The van der Waals surface area contributed by atoms with Crippen LogP contribution in [0.3, 0.4) is 0 Å². The molecule has 1 atom stereocenters. The molecule has 1 aromatic carbocycles. The Morgan fingerprint density at radius 2 is 2.18 bits per heavy atom. The van der Waals surface area contributed by atoms with E-state index in [4.69, 9.17) is 9.47 Å². The molecule has 1 aromatic rings. The summed E-state index contributed by atoms with van der Waals surface area (Å²) in [6.07, 6.45) is 3.94. The van der Waals surface area contributed by atoms with E-state index in [0.29, 0.717) is 6.54 Å². The minimum absolute atomic E-state index is 0.183. The maximum absolute atomic E-state index is 13.4. The minimum Gasteiger partial charge on any atom is -0.381 e. The van der Waals surface area contributed by atoms with Gasteiger partial charge in [-0.1, -0.05) is 0 Å². The quantitative estimate of drug-likeness (QED) is 0.596. The average molecular weight is 393 g/mol. The Bertz CT molecular complexity index is 676. The summed E-state index contributed by atoms with van der Waals surface area (Å²) >= 11 is 0. The number of anilines is 1. The van der Waals surface area contributed by atoms with Crippen LogP contribution in [0.2, 0.25) is 0 Å². The molecule has 2 N–H and O–H groups in total. The zero-order chi connectivity index (χ0) is 20.0. The summed E-state index contributed by atoms with van der Waals surface area (Å²) in [5.41, 5.74) is 1.89. The number of hydrogen-bond donors (Lipinski definition) is 2. The Morgan fingerprint density at radius 3 is 2.86 bits per heavy atom. The predicted molar refractivity (Wildman–Crippen MR) is 111 cm³/mol. The second kappa shape index (κ2) is 9.56. The highest BCUT2D eigenvalue weighted by Crippen LogP contribution is 2.25. The lowest BCUT2D eigenvalue weighted by Gasteiger charge is -2.38. The number of aliphatic imine (C=N–C) groups is 1. The molecule has 156 valence electrons. The van der Waals surface area contributed by atoms with Gasteiger partial charge in [-0.15, -0.1) is 0 Å². The molecule has 28 heavy (non-hydrogen) atoms. The Labute approximate surface area is 167 Å². The van der Waals surface area contributed by atoms with Crippen molar-refractivity contribution in [3.8, 4) is 0 Å². The molecule has 2 heterocycles. The van der Waals surface area contributed by atoms with E-state index in [-0.39, 0.29) is 17.5 Å². The molecule has 2 fully saturated rings. The van der Waals surface area contributed by atoms with Gasteiger partial charge < -0.3 is 25.0 Å². The topological polar surface area (TPSA) is 58.1 Å². The fourth-order valence-electron chi connectivity index (χ4n) is 4.12. The third kappa shape index (κ3) is 5.14. The molecule has 0 saturated carbocycles. The van der Waals surface area contributed by atoms with Gasteiger partial charge in [-0.25, -0.2) is 4.39 Å². The number of rotatable bonds is 5. The SMILES string of the molecule is CN=C(NCC1(OC)CCOCC1)NC1CCCN(c2ccc(F)cc2C)C1. The van der Waals surface area contributed by atoms with Crippen LogP contribution >= 0.6 is 0 Å². The van der Waals surface area contributed by atoms with Gasteiger partial charge in [-0.2, -0.15) is 0 Å². The Morgan fingerprint density at radius 1 is 1.39 bits per heavy atom. The molecule has 7 heteroatoms. The number of piperidine rings is 1. The van der Waals surface area contributed by atoms with Crippen molar-refractivity contribution in [1.29, 1.82) is 0 Å². The number of hydrogen-bond acceptors (Lipinski definition) is 4. The first kappa shape index (κ1) is 20.9. The molecule has 3 rings (SSSR count). The number of ether oxygens (including phenoxy) is 2. The van der Waals surface area contributed by atoms with E-state index < -0.39 is 0 Å². The van der Waals surface area contributed by atoms with Crippen LogP contribution in [-0.2, 0) is 9.47 Å². The lowest BCUT2D eigenvalue weighted by Crippen LogP contribution is -2.55. The van der Waals surface area contributed by atoms with E-state index in [1.807, 2.05) is 13.0 Å². The number of benzene rings is 1. The zero-order valence-electron chi connectivity index (χ0n) is 17.3. The number of methoxy groups -OCH3 is 1. The van der Waals surface area contributed by atoms with Crippen LogP contribution in [0.25, 0.3) is 0 Å². The lowest BCUT2D eigenvalue weighted by atomic mass is 9.94. The van der Waals surface area contributed by atoms with Crippen molar-refractivity contribution in [2.45, 2.75) is 44.2 Å². The molecule has 0 aliphatic carbocycles. The van der Waals surface area contributed by atoms with E-state index in [1.54, 1.807) is 20.2 Å². The van der Waals surface area contributed by atoms with E-state index in [2.05, 4.69) is 20.5 Å². The van der Waals surface area contributed by atoms with Gasteiger partial charge in [0.05, 0.1) is 5.60 Å². The van der Waals surface area contributed by atoms with Crippen molar-refractivity contribution in [3.05, 3.63) is 29.6 Å². The molecule has 1 unspecified atom stereocenters. The van der Waals surface area contributed by atoms with Crippen molar-refractivity contribution in [3.63, 3.8) is 0 Å². The molecule has 2 aliphatic rings. The van der Waals surface area contributed by atoms with Crippen LogP contribution < -0.4 is 15.5 Å². The standard InChI is InChI=1S/C21H33FN4O2/c1-16-13-17(22)6-7-19(16)26-10-4-5-18(14-26)25-20(23-2)24-15-21(27-3)8-11-28-12-9-21/h6-7,13,18H,4-5,8-12,14-15H2,1-3H3,(H2,23,24,25). The first-order chi connectivity index (χ1) is 13.5. The van der Waals surface area contributed by atoms with Gasteiger partial charge in [0.25, 0.3) is 0 Å². The number of nitrogens with zero attached hydrogens (tertiary/aromatic N) is 2. The van der Waals surface area contributed by atoms with Crippen molar-refractivity contribution in [2.75, 3.05) is 51.9 Å². The van der Waals surface area contributed by atoms with Gasteiger partial charge in [0.15, 0.2) is 5.96 Å². The molecular weight excluding hydrogens is 359 g/mol. The first-order valence-electron chi connectivity index (χ1n) is 10.2. The fourth-order valence-corrected chi connectivity index (χ4v) is 4.12. The molecule has 0 bridgehead atoms. The van der Waals surface area contributed by atoms with E-state index in [0.717, 1.165) is 69.2 Å². The van der Waals surface area contributed by atoms with Gasteiger partial charge in [-0.05, 0) is 43.5 Å². The maximum Gasteiger partial charge on any atom is 0.191 e. The number of guanidine groups is 1. The van der Waals surface area contributed by atoms with Crippen molar-refractivity contribution >= 4 is 11.6 Å². The van der Waals surface area contributed by atoms with E-state index in [1.165, 1.54) is 6.07 Å².